The SMILES string of the molecule is COc1cc(C2c3c(c4ccccc4oc3=O)Oc3ncn4nc(-c5ccccc5)nc4c32)cc(Br)c1OC(C)=O. The summed E-state index contributed by atoms with van der Waals surface area (Å²) in [6, 6.07) is 20.2. The molecule has 1 atom stereocenters. The maximum absolute atomic E-state index is 13.7. The van der Waals surface area contributed by atoms with Crippen LogP contribution < -0.4 is 19.8 Å². The molecule has 10 nitrogen and oxygen atoms in total. The van der Waals surface area contributed by atoms with Crippen molar-refractivity contribution in [2.24, 2.45) is 0 Å². The van der Waals surface area contributed by atoms with Crippen LogP contribution in [0.3, 0.4) is 0 Å². The molecule has 1 aliphatic heterocycles. The Hall–Kier alpha value is -5.03. The zero-order valence-corrected chi connectivity index (χ0v) is 23.2. The first kappa shape index (κ1) is 25.0. The van der Waals surface area contributed by atoms with E-state index in [1.807, 2.05) is 42.5 Å². The van der Waals surface area contributed by atoms with Crippen LogP contribution in [0.15, 0.2) is 86.7 Å². The summed E-state index contributed by atoms with van der Waals surface area (Å²) in [4.78, 5) is 34.9. The van der Waals surface area contributed by atoms with Gasteiger partial charge in [0.2, 0.25) is 5.88 Å². The maximum atomic E-state index is 13.7. The lowest BCUT2D eigenvalue weighted by Gasteiger charge is -2.28. The van der Waals surface area contributed by atoms with Gasteiger partial charge in [-0.05, 0) is 45.8 Å². The van der Waals surface area contributed by atoms with Crippen molar-refractivity contribution in [1.82, 2.24) is 19.6 Å². The van der Waals surface area contributed by atoms with Crippen LogP contribution in [0, 0.1) is 0 Å². The van der Waals surface area contributed by atoms with Crippen LogP contribution in [-0.4, -0.2) is 32.7 Å². The summed E-state index contributed by atoms with van der Waals surface area (Å²) in [7, 11) is 1.47. The third kappa shape index (κ3) is 4.04. The fraction of sp³-hybridized carbons (Fsp3) is 0.100. The van der Waals surface area contributed by atoms with E-state index in [2.05, 4.69) is 26.0 Å². The molecule has 3 aromatic carbocycles. The Morgan fingerprint density at radius 1 is 1.05 bits per heavy atom. The van der Waals surface area contributed by atoms with Gasteiger partial charge in [-0.1, -0.05) is 42.5 Å². The summed E-state index contributed by atoms with van der Waals surface area (Å²) in [5.41, 5.74) is 2.50. The lowest BCUT2D eigenvalue weighted by atomic mass is 9.84. The van der Waals surface area contributed by atoms with E-state index in [9.17, 15) is 9.59 Å². The highest BCUT2D eigenvalue weighted by molar-refractivity contribution is 9.10. The molecule has 0 bridgehead atoms. The Morgan fingerprint density at radius 3 is 2.61 bits per heavy atom. The largest absolute Gasteiger partial charge is 0.493 e. The third-order valence-corrected chi connectivity index (χ3v) is 7.41. The number of nitrogens with zero attached hydrogens (tertiary/aromatic N) is 4. The molecule has 0 saturated heterocycles. The van der Waals surface area contributed by atoms with Crippen molar-refractivity contribution < 1.29 is 23.4 Å². The molecule has 1 aliphatic rings. The summed E-state index contributed by atoms with van der Waals surface area (Å²) < 4.78 is 25.1. The predicted octanol–water partition coefficient (Wildman–Crippen LogP) is 5.88. The van der Waals surface area contributed by atoms with Crippen LogP contribution in [0.2, 0.25) is 0 Å². The smallest absolute Gasteiger partial charge is 0.344 e. The van der Waals surface area contributed by atoms with Crippen LogP contribution in [-0.2, 0) is 4.79 Å². The molecule has 3 aromatic heterocycles. The van der Waals surface area contributed by atoms with Crippen molar-refractivity contribution in [2.45, 2.75) is 12.8 Å². The molecule has 0 amide bonds. The summed E-state index contributed by atoms with van der Waals surface area (Å²) in [5.74, 6) is 0.344. The first-order chi connectivity index (χ1) is 19.9. The van der Waals surface area contributed by atoms with Crippen LogP contribution in [0.25, 0.3) is 28.0 Å². The number of benzene rings is 3. The molecule has 0 spiro atoms. The second-order valence-corrected chi connectivity index (χ2v) is 10.2. The van der Waals surface area contributed by atoms with Crippen molar-refractivity contribution in [3.05, 3.63) is 105 Å². The van der Waals surface area contributed by atoms with Crippen LogP contribution in [0.4, 0.5) is 0 Å². The number of halogens is 1. The van der Waals surface area contributed by atoms with Gasteiger partial charge in [0.15, 0.2) is 28.7 Å². The zero-order valence-electron chi connectivity index (χ0n) is 21.6. The fourth-order valence-electron chi connectivity index (χ4n) is 5.12. The molecule has 0 aliphatic carbocycles. The molecule has 202 valence electrons. The molecule has 4 heterocycles. The topological polar surface area (TPSA) is 118 Å². The zero-order chi connectivity index (χ0) is 28.2. The number of methoxy groups -OCH3 is 1. The molecule has 0 saturated carbocycles. The lowest BCUT2D eigenvalue weighted by Crippen LogP contribution is -2.22. The Morgan fingerprint density at radius 2 is 1.83 bits per heavy atom. The van der Waals surface area contributed by atoms with E-state index in [1.165, 1.54) is 20.4 Å². The van der Waals surface area contributed by atoms with E-state index >= 15 is 0 Å². The fourth-order valence-corrected chi connectivity index (χ4v) is 5.66. The van der Waals surface area contributed by atoms with E-state index < -0.39 is 17.5 Å². The number of rotatable bonds is 4. The standard InChI is InChI=1S/C30H19BrN4O6/c1-15(36)39-26-19(31)12-17(13-21(26)38-2)22-23-25(18-10-6-7-11-20(18)40-30(23)37)41-29-24(22)28-33-27(34-35(28)14-32-29)16-8-4-3-5-9-16/h3-14,22H,1-2H3. The third-order valence-electron chi connectivity index (χ3n) is 6.82. The highest BCUT2D eigenvalue weighted by Gasteiger charge is 2.38. The van der Waals surface area contributed by atoms with Gasteiger partial charge in [-0.15, -0.1) is 5.10 Å². The minimum Gasteiger partial charge on any atom is -0.493 e. The number of ether oxygens (including phenoxy) is 3. The number of fused-ring (bicyclic) bond motifs is 6. The van der Waals surface area contributed by atoms with Crippen LogP contribution in [0.5, 0.6) is 23.1 Å². The van der Waals surface area contributed by atoms with E-state index in [0.717, 1.165) is 5.56 Å². The van der Waals surface area contributed by atoms with Gasteiger partial charge >= 0.3 is 11.6 Å². The molecule has 0 radical (unpaired) electrons. The normalized spacial score (nSPS) is 13.9. The van der Waals surface area contributed by atoms with Crippen LogP contribution >= 0.6 is 15.9 Å². The van der Waals surface area contributed by atoms with Gasteiger partial charge in [0, 0.05) is 12.5 Å². The molecular weight excluding hydrogens is 592 g/mol. The summed E-state index contributed by atoms with van der Waals surface area (Å²) in [5, 5.41) is 5.26. The monoisotopic (exact) mass is 610 g/mol. The molecule has 6 aromatic rings. The van der Waals surface area contributed by atoms with Crippen LogP contribution in [0.1, 0.15) is 29.5 Å². The molecule has 41 heavy (non-hydrogen) atoms. The van der Waals surface area contributed by atoms with Crippen molar-refractivity contribution in [1.29, 1.82) is 0 Å². The molecule has 0 fully saturated rings. The number of esters is 1. The molecular formula is C30H19BrN4O6. The van der Waals surface area contributed by atoms with Gasteiger partial charge in [-0.25, -0.2) is 19.3 Å². The average Bonchev–Trinajstić information content (AvgIpc) is 3.42. The predicted molar refractivity (Wildman–Crippen MR) is 152 cm³/mol. The lowest BCUT2D eigenvalue weighted by molar-refractivity contribution is -0.132. The van der Waals surface area contributed by atoms with Gasteiger partial charge < -0.3 is 18.6 Å². The Kier molecular flexibility index (Phi) is 5.82. The summed E-state index contributed by atoms with van der Waals surface area (Å²) >= 11 is 3.52. The number of para-hydroxylation sites is 1. The van der Waals surface area contributed by atoms with Crippen molar-refractivity contribution in [3.8, 4) is 34.5 Å². The van der Waals surface area contributed by atoms with Gasteiger partial charge in [0.25, 0.3) is 0 Å². The quantitative estimate of drug-likeness (QED) is 0.137. The molecule has 7 rings (SSSR count). The number of aromatic nitrogens is 4. The molecule has 11 heteroatoms. The van der Waals surface area contributed by atoms with Gasteiger partial charge in [-0.2, -0.15) is 0 Å². The molecule has 0 N–H and O–H groups in total. The van der Waals surface area contributed by atoms with Gasteiger partial charge in [0.05, 0.1) is 34.0 Å². The Bertz CT molecular complexity index is 2070. The van der Waals surface area contributed by atoms with E-state index in [-0.39, 0.29) is 22.9 Å². The van der Waals surface area contributed by atoms with E-state index in [0.29, 0.717) is 43.8 Å². The van der Waals surface area contributed by atoms with E-state index in [1.54, 1.807) is 28.8 Å². The Balaban J connectivity index is 1.55. The highest BCUT2D eigenvalue weighted by Crippen LogP contribution is 2.51. The van der Waals surface area contributed by atoms with Crippen molar-refractivity contribution in [2.75, 3.05) is 7.11 Å². The Labute approximate surface area is 240 Å². The molecule has 1 unspecified atom stereocenters. The maximum Gasteiger partial charge on any atom is 0.344 e. The summed E-state index contributed by atoms with van der Waals surface area (Å²) in [6.45, 7) is 1.30. The first-order valence-corrected chi connectivity index (χ1v) is 13.3. The van der Waals surface area contributed by atoms with Crippen molar-refractivity contribution in [3.63, 3.8) is 0 Å². The van der Waals surface area contributed by atoms with Gasteiger partial charge in [-0.3, -0.25) is 4.79 Å². The highest BCUT2D eigenvalue weighted by atomic mass is 79.9. The number of hydrogen-bond donors (Lipinski definition) is 0. The number of hydrogen-bond acceptors (Lipinski definition) is 9. The minimum atomic E-state index is -0.754. The second kappa shape index (κ2) is 9.56. The van der Waals surface area contributed by atoms with Crippen molar-refractivity contribution >= 4 is 38.5 Å². The van der Waals surface area contributed by atoms with Gasteiger partial charge in [0.1, 0.15) is 11.9 Å². The number of carbonyl (C=O) groups excluding carboxylic acids is 1. The summed E-state index contributed by atoms with van der Waals surface area (Å²) in [6.07, 6.45) is 1.53. The first-order valence-electron chi connectivity index (χ1n) is 12.5. The second-order valence-electron chi connectivity index (χ2n) is 9.32. The number of carbonyl (C=O) groups is 1. The minimum absolute atomic E-state index is 0.215. The van der Waals surface area contributed by atoms with E-state index in [4.69, 9.17) is 23.6 Å². The average molecular weight is 611 g/mol.